The molecule has 2 aromatic heterocycles. The molecular formula is C20H30N4O3S. The number of nitrogens with one attached hydrogen (secondary N) is 1. The smallest absolute Gasteiger partial charge is 0.262 e. The van der Waals surface area contributed by atoms with Crippen molar-refractivity contribution in [2.45, 2.75) is 46.7 Å². The van der Waals surface area contributed by atoms with Crippen molar-refractivity contribution in [2.75, 3.05) is 32.8 Å². The Hall–Kier alpha value is -1.77. The predicted molar refractivity (Wildman–Crippen MR) is 112 cm³/mol. The van der Waals surface area contributed by atoms with E-state index in [4.69, 9.17) is 4.74 Å². The largest absolute Gasteiger partial charge is 0.379 e. The van der Waals surface area contributed by atoms with Gasteiger partial charge in [0.15, 0.2) is 0 Å². The van der Waals surface area contributed by atoms with Crippen LogP contribution in [0.5, 0.6) is 0 Å². The number of morpholine rings is 1. The molecule has 0 aromatic carbocycles. The van der Waals surface area contributed by atoms with Crippen LogP contribution in [0.15, 0.2) is 11.1 Å². The van der Waals surface area contributed by atoms with Gasteiger partial charge in [-0.1, -0.05) is 13.8 Å². The van der Waals surface area contributed by atoms with Gasteiger partial charge in [-0.25, -0.2) is 4.98 Å². The molecule has 1 aliphatic heterocycles. The van der Waals surface area contributed by atoms with Gasteiger partial charge in [0, 0.05) is 43.5 Å². The van der Waals surface area contributed by atoms with E-state index in [9.17, 15) is 9.59 Å². The van der Waals surface area contributed by atoms with Gasteiger partial charge in [0.05, 0.1) is 24.9 Å². The highest BCUT2D eigenvalue weighted by Crippen LogP contribution is 2.25. The molecule has 0 saturated carbocycles. The van der Waals surface area contributed by atoms with Crippen molar-refractivity contribution in [2.24, 2.45) is 5.92 Å². The van der Waals surface area contributed by atoms with Crippen LogP contribution >= 0.6 is 11.3 Å². The van der Waals surface area contributed by atoms with Gasteiger partial charge in [-0.2, -0.15) is 0 Å². The molecule has 2 aromatic rings. The second-order valence-electron chi connectivity index (χ2n) is 7.72. The number of carbonyl (C=O) groups excluding carboxylic acids is 1. The molecule has 1 amide bonds. The van der Waals surface area contributed by atoms with Gasteiger partial charge in [-0.05, 0) is 25.3 Å². The number of hydrogen-bond acceptors (Lipinski definition) is 6. The quantitative estimate of drug-likeness (QED) is 0.760. The van der Waals surface area contributed by atoms with Crippen LogP contribution in [0.25, 0.3) is 10.2 Å². The number of amides is 1. The van der Waals surface area contributed by atoms with Gasteiger partial charge in [0.1, 0.15) is 4.83 Å². The Bertz CT molecular complexity index is 883. The maximum atomic E-state index is 12.7. The van der Waals surface area contributed by atoms with Crippen LogP contribution in [0.1, 0.15) is 30.7 Å². The third-order valence-corrected chi connectivity index (χ3v) is 6.64. The fourth-order valence-electron chi connectivity index (χ4n) is 3.65. The Morgan fingerprint density at radius 1 is 1.32 bits per heavy atom. The summed E-state index contributed by atoms with van der Waals surface area (Å²) in [5, 5.41) is 3.73. The van der Waals surface area contributed by atoms with Crippen LogP contribution in [0.4, 0.5) is 0 Å². The lowest BCUT2D eigenvalue weighted by Crippen LogP contribution is -2.51. The summed E-state index contributed by atoms with van der Waals surface area (Å²) in [5.41, 5.74) is 0.926. The van der Waals surface area contributed by atoms with Crippen molar-refractivity contribution in [1.29, 1.82) is 0 Å². The summed E-state index contributed by atoms with van der Waals surface area (Å²) >= 11 is 1.54. The molecular weight excluding hydrogens is 376 g/mol. The number of fused-ring (bicyclic) bond motifs is 1. The van der Waals surface area contributed by atoms with E-state index < -0.39 is 0 Å². The molecule has 154 valence electrons. The van der Waals surface area contributed by atoms with E-state index in [0.29, 0.717) is 30.4 Å². The number of rotatable bonds is 7. The minimum atomic E-state index is -0.0620. The average molecular weight is 407 g/mol. The van der Waals surface area contributed by atoms with Crippen LogP contribution in [-0.4, -0.2) is 59.2 Å². The third kappa shape index (κ3) is 4.61. The normalized spacial score (nSPS) is 16.6. The van der Waals surface area contributed by atoms with E-state index in [1.807, 2.05) is 13.8 Å². The summed E-state index contributed by atoms with van der Waals surface area (Å²) in [6, 6.07) is 0.296. The molecule has 1 unspecified atom stereocenters. The standard InChI is InChI=1S/C20H30N4O3S/c1-13(2)16(23-7-9-27-10-8-23)11-21-17(25)5-6-24-12-22-19-18(20(24)26)14(3)15(4)28-19/h12-13,16H,5-11H2,1-4H3,(H,21,25). The molecule has 0 aliphatic carbocycles. The zero-order chi connectivity index (χ0) is 20.3. The van der Waals surface area contributed by atoms with Gasteiger partial charge in [-0.15, -0.1) is 11.3 Å². The summed E-state index contributed by atoms with van der Waals surface area (Å²) in [7, 11) is 0. The molecule has 0 bridgehead atoms. The molecule has 0 radical (unpaired) electrons. The summed E-state index contributed by atoms with van der Waals surface area (Å²) < 4.78 is 6.97. The number of nitrogens with zero attached hydrogens (tertiary/aromatic N) is 3. The number of aromatic nitrogens is 2. The molecule has 0 spiro atoms. The molecule has 1 aliphatic rings. The average Bonchev–Trinajstić information content (AvgIpc) is 2.96. The monoisotopic (exact) mass is 406 g/mol. The summed E-state index contributed by atoms with van der Waals surface area (Å²) in [5.74, 6) is 0.404. The first kappa shape index (κ1) is 21.0. The Labute approximate surface area is 169 Å². The van der Waals surface area contributed by atoms with Crippen molar-refractivity contribution in [3.05, 3.63) is 27.1 Å². The lowest BCUT2D eigenvalue weighted by atomic mass is 10.0. The topological polar surface area (TPSA) is 76.5 Å². The molecule has 1 N–H and O–H groups in total. The van der Waals surface area contributed by atoms with E-state index in [0.717, 1.165) is 41.6 Å². The molecule has 8 heteroatoms. The maximum absolute atomic E-state index is 12.7. The summed E-state index contributed by atoms with van der Waals surface area (Å²) in [6.45, 7) is 12.6. The van der Waals surface area contributed by atoms with E-state index >= 15 is 0 Å². The van der Waals surface area contributed by atoms with Crippen LogP contribution in [-0.2, 0) is 16.1 Å². The Kier molecular flexibility index (Phi) is 6.85. The van der Waals surface area contributed by atoms with Crippen LogP contribution in [0.3, 0.4) is 0 Å². The molecule has 1 saturated heterocycles. The number of thiophene rings is 1. The molecule has 3 rings (SSSR count). The SMILES string of the molecule is Cc1sc2ncn(CCC(=O)NCC(C(C)C)N3CCOCC3)c(=O)c2c1C. The zero-order valence-corrected chi connectivity index (χ0v) is 18.0. The van der Waals surface area contributed by atoms with E-state index in [1.165, 1.54) is 11.3 Å². The van der Waals surface area contributed by atoms with Gasteiger partial charge < -0.3 is 10.1 Å². The second-order valence-corrected chi connectivity index (χ2v) is 8.92. The number of hydrogen-bond donors (Lipinski definition) is 1. The van der Waals surface area contributed by atoms with Gasteiger partial charge in [0.25, 0.3) is 5.56 Å². The molecule has 7 nitrogen and oxygen atoms in total. The minimum Gasteiger partial charge on any atom is -0.379 e. The first-order valence-corrected chi connectivity index (χ1v) is 10.7. The van der Waals surface area contributed by atoms with Gasteiger partial charge in [0.2, 0.25) is 5.91 Å². The third-order valence-electron chi connectivity index (χ3n) is 5.53. The fourth-order valence-corrected chi connectivity index (χ4v) is 4.64. The maximum Gasteiger partial charge on any atom is 0.262 e. The molecule has 1 atom stereocenters. The van der Waals surface area contributed by atoms with Gasteiger partial charge in [-0.3, -0.25) is 19.1 Å². The van der Waals surface area contributed by atoms with Crippen LogP contribution in [0, 0.1) is 19.8 Å². The van der Waals surface area contributed by atoms with Gasteiger partial charge >= 0.3 is 0 Å². The number of ether oxygens (including phenoxy) is 1. The Balaban J connectivity index is 1.58. The highest BCUT2D eigenvalue weighted by Gasteiger charge is 2.24. The van der Waals surface area contributed by atoms with Crippen molar-refractivity contribution in [3.63, 3.8) is 0 Å². The van der Waals surface area contributed by atoms with Crippen molar-refractivity contribution < 1.29 is 9.53 Å². The number of aryl methyl sites for hydroxylation is 3. The van der Waals surface area contributed by atoms with E-state index in [2.05, 4.69) is 29.0 Å². The molecule has 1 fully saturated rings. The lowest BCUT2D eigenvalue weighted by molar-refractivity contribution is -0.121. The lowest BCUT2D eigenvalue weighted by Gasteiger charge is -2.36. The van der Waals surface area contributed by atoms with E-state index in [1.54, 1.807) is 10.9 Å². The first-order valence-electron chi connectivity index (χ1n) is 9.92. The first-order chi connectivity index (χ1) is 13.4. The Morgan fingerprint density at radius 2 is 2.04 bits per heavy atom. The highest BCUT2D eigenvalue weighted by molar-refractivity contribution is 7.18. The summed E-state index contributed by atoms with van der Waals surface area (Å²) in [6.07, 6.45) is 1.82. The van der Waals surface area contributed by atoms with E-state index in [-0.39, 0.29) is 17.9 Å². The van der Waals surface area contributed by atoms with Crippen molar-refractivity contribution in [1.82, 2.24) is 19.8 Å². The molecule has 3 heterocycles. The minimum absolute atomic E-state index is 0.0378. The Morgan fingerprint density at radius 3 is 2.71 bits per heavy atom. The predicted octanol–water partition coefficient (Wildman–Crippen LogP) is 1.94. The number of carbonyl (C=O) groups is 1. The fraction of sp³-hybridized carbons (Fsp3) is 0.650. The highest BCUT2D eigenvalue weighted by atomic mass is 32.1. The molecule has 28 heavy (non-hydrogen) atoms. The van der Waals surface area contributed by atoms with Crippen LogP contribution < -0.4 is 10.9 Å². The second kappa shape index (κ2) is 9.15. The summed E-state index contributed by atoms with van der Waals surface area (Å²) in [4.78, 5) is 33.8. The van der Waals surface area contributed by atoms with Crippen LogP contribution in [0.2, 0.25) is 0 Å². The van der Waals surface area contributed by atoms with Crippen molar-refractivity contribution in [3.8, 4) is 0 Å². The van der Waals surface area contributed by atoms with Crippen molar-refractivity contribution >= 4 is 27.5 Å². The zero-order valence-electron chi connectivity index (χ0n) is 17.2.